The smallest absolute Gasteiger partial charge is 0.252 e. The third kappa shape index (κ3) is 4.27. The van der Waals surface area contributed by atoms with Crippen molar-refractivity contribution in [2.45, 2.75) is 25.9 Å². The Kier molecular flexibility index (Phi) is 5.76. The second kappa shape index (κ2) is 8.43. The largest absolute Gasteiger partial charge is 0.350 e. The highest BCUT2D eigenvalue weighted by atomic mass is 35.5. The molecule has 1 amide bonds. The van der Waals surface area contributed by atoms with Crippen LogP contribution >= 0.6 is 22.9 Å². The summed E-state index contributed by atoms with van der Waals surface area (Å²) in [4.78, 5) is 20.7. The highest BCUT2D eigenvalue weighted by Crippen LogP contribution is 2.30. The molecule has 1 unspecified atom stereocenters. The Morgan fingerprint density at radius 1 is 1.25 bits per heavy atom. The van der Waals surface area contributed by atoms with Gasteiger partial charge in [-0.05, 0) is 60.2 Å². The van der Waals surface area contributed by atoms with Crippen molar-refractivity contribution in [1.29, 1.82) is 0 Å². The number of hydrogen-bond acceptors (Lipinski definition) is 4. The number of thiophene rings is 1. The fourth-order valence-corrected chi connectivity index (χ4v) is 4.59. The zero-order valence-corrected chi connectivity index (χ0v) is 17.3. The molecule has 28 heavy (non-hydrogen) atoms. The Morgan fingerprint density at radius 3 is 2.82 bits per heavy atom. The minimum Gasteiger partial charge on any atom is -0.350 e. The molecule has 2 aromatic heterocycles. The summed E-state index contributed by atoms with van der Waals surface area (Å²) >= 11 is 7.92. The molecule has 0 bridgehead atoms. The first kappa shape index (κ1) is 19.1. The summed E-state index contributed by atoms with van der Waals surface area (Å²) in [7, 11) is 0. The van der Waals surface area contributed by atoms with Crippen LogP contribution in [-0.2, 0) is 13.0 Å². The van der Waals surface area contributed by atoms with Crippen molar-refractivity contribution in [3.8, 4) is 0 Å². The summed E-state index contributed by atoms with van der Waals surface area (Å²) in [6.07, 6.45) is 2.67. The monoisotopic (exact) mass is 411 g/mol. The van der Waals surface area contributed by atoms with Crippen LogP contribution in [0.25, 0.3) is 0 Å². The first-order valence-corrected chi connectivity index (χ1v) is 10.6. The lowest BCUT2D eigenvalue weighted by Gasteiger charge is -2.35. The van der Waals surface area contributed by atoms with Gasteiger partial charge in [-0.2, -0.15) is 0 Å². The van der Waals surface area contributed by atoms with E-state index in [1.165, 1.54) is 10.4 Å². The molecular formula is C22H22ClN3OS. The predicted molar refractivity (Wildman–Crippen MR) is 114 cm³/mol. The van der Waals surface area contributed by atoms with Crippen LogP contribution in [0.15, 0.2) is 54.0 Å². The molecule has 0 spiro atoms. The minimum atomic E-state index is -0.0975. The minimum absolute atomic E-state index is 0.0904. The van der Waals surface area contributed by atoms with Gasteiger partial charge in [0.2, 0.25) is 0 Å². The van der Waals surface area contributed by atoms with E-state index in [1.807, 2.05) is 42.5 Å². The highest BCUT2D eigenvalue weighted by molar-refractivity contribution is 7.10. The lowest BCUT2D eigenvalue weighted by molar-refractivity contribution is 0.0927. The Bertz CT molecular complexity index is 953. The normalized spacial score (nSPS) is 15.1. The number of carbonyl (C=O) groups excluding carboxylic acids is 1. The van der Waals surface area contributed by atoms with Crippen LogP contribution in [-0.4, -0.2) is 28.9 Å². The number of nitrogens with one attached hydrogen (secondary N) is 1. The Hall–Kier alpha value is -2.21. The highest BCUT2D eigenvalue weighted by Gasteiger charge is 2.26. The SMILES string of the molecule is Cc1ccc(C(=O)NCC(c2ccc(Cl)cc2)N2CCc3sccc3C2)cn1. The average Bonchev–Trinajstić information content (AvgIpc) is 3.18. The number of rotatable bonds is 5. The standard InChI is InChI=1S/C22H22ClN3OS/c1-15-2-3-17(12-24-15)22(27)25-13-20(16-4-6-19(23)7-5-16)26-10-8-21-18(14-26)9-11-28-21/h2-7,9,11-12,20H,8,10,13-14H2,1H3,(H,25,27). The van der Waals surface area contributed by atoms with E-state index in [2.05, 4.69) is 38.8 Å². The van der Waals surface area contributed by atoms with Crippen molar-refractivity contribution >= 4 is 28.8 Å². The van der Waals surface area contributed by atoms with Crippen LogP contribution in [0.4, 0.5) is 0 Å². The quantitative estimate of drug-likeness (QED) is 0.665. The molecule has 4 nitrogen and oxygen atoms in total. The molecule has 1 aliphatic rings. The first-order chi connectivity index (χ1) is 13.6. The predicted octanol–water partition coefficient (Wildman–Crippen LogP) is 4.63. The molecule has 0 saturated heterocycles. The summed E-state index contributed by atoms with van der Waals surface area (Å²) in [6.45, 7) is 4.32. The maximum Gasteiger partial charge on any atom is 0.252 e. The maximum atomic E-state index is 12.6. The zero-order valence-electron chi connectivity index (χ0n) is 15.7. The van der Waals surface area contributed by atoms with Crippen molar-refractivity contribution < 1.29 is 4.79 Å². The van der Waals surface area contributed by atoms with Crippen molar-refractivity contribution in [3.63, 3.8) is 0 Å². The lowest BCUT2D eigenvalue weighted by atomic mass is 10.0. The van der Waals surface area contributed by atoms with Gasteiger partial charge >= 0.3 is 0 Å². The molecule has 1 aromatic carbocycles. The average molecular weight is 412 g/mol. The Balaban J connectivity index is 1.52. The van der Waals surface area contributed by atoms with Crippen LogP contribution in [0.2, 0.25) is 5.02 Å². The number of hydrogen-bond donors (Lipinski definition) is 1. The molecule has 3 heterocycles. The van der Waals surface area contributed by atoms with E-state index in [1.54, 1.807) is 6.20 Å². The summed E-state index contributed by atoms with van der Waals surface area (Å²) in [5, 5.41) is 5.98. The van der Waals surface area contributed by atoms with Crippen molar-refractivity contribution in [2.24, 2.45) is 0 Å². The van der Waals surface area contributed by atoms with Gasteiger partial charge in [-0.25, -0.2) is 0 Å². The fourth-order valence-electron chi connectivity index (χ4n) is 3.57. The van der Waals surface area contributed by atoms with Crippen LogP contribution in [0.5, 0.6) is 0 Å². The summed E-state index contributed by atoms with van der Waals surface area (Å²) < 4.78 is 0. The molecule has 0 aliphatic carbocycles. The molecule has 6 heteroatoms. The van der Waals surface area contributed by atoms with Gasteiger partial charge in [0.1, 0.15) is 0 Å². The second-order valence-electron chi connectivity index (χ2n) is 7.06. The third-order valence-electron chi connectivity index (χ3n) is 5.16. The number of pyridine rings is 1. The van der Waals surface area contributed by atoms with Gasteiger partial charge in [0.15, 0.2) is 0 Å². The molecule has 0 radical (unpaired) electrons. The lowest BCUT2D eigenvalue weighted by Crippen LogP contribution is -2.40. The van der Waals surface area contributed by atoms with E-state index >= 15 is 0 Å². The molecule has 1 atom stereocenters. The van der Waals surface area contributed by atoms with E-state index < -0.39 is 0 Å². The molecule has 1 N–H and O–H groups in total. The summed E-state index contributed by atoms with van der Waals surface area (Å²) in [5.41, 5.74) is 4.03. The van der Waals surface area contributed by atoms with Crippen molar-refractivity contribution in [1.82, 2.24) is 15.2 Å². The molecule has 0 fully saturated rings. The summed E-state index contributed by atoms with van der Waals surface area (Å²) in [6, 6.07) is 13.9. The third-order valence-corrected chi connectivity index (χ3v) is 6.44. The number of carbonyl (C=O) groups is 1. The van der Waals surface area contributed by atoms with E-state index in [-0.39, 0.29) is 11.9 Å². The number of benzene rings is 1. The zero-order chi connectivity index (χ0) is 19.5. The van der Waals surface area contributed by atoms with Crippen LogP contribution in [0, 0.1) is 6.92 Å². The number of halogens is 1. The van der Waals surface area contributed by atoms with Crippen LogP contribution in [0.3, 0.4) is 0 Å². The summed E-state index contributed by atoms with van der Waals surface area (Å²) in [5.74, 6) is -0.0975. The van der Waals surface area contributed by atoms with Gasteiger partial charge in [-0.1, -0.05) is 23.7 Å². The number of aromatic nitrogens is 1. The van der Waals surface area contributed by atoms with E-state index in [0.717, 1.165) is 35.8 Å². The fraction of sp³-hybridized carbons (Fsp3) is 0.273. The molecule has 4 rings (SSSR count). The second-order valence-corrected chi connectivity index (χ2v) is 8.49. The van der Waals surface area contributed by atoms with Gasteiger partial charge in [0.25, 0.3) is 5.91 Å². The molecule has 0 saturated carbocycles. The maximum absolute atomic E-state index is 12.6. The first-order valence-electron chi connectivity index (χ1n) is 9.36. The topological polar surface area (TPSA) is 45.2 Å². The molecule has 144 valence electrons. The molecular weight excluding hydrogens is 390 g/mol. The van der Waals surface area contributed by atoms with Gasteiger partial charge < -0.3 is 5.32 Å². The number of amides is 1. The molecule has 1 aliphatic heterocycles. The number of aryl methyl sites for hydroxylation is 1. The van der Waals surface area contributed by atoms with Crippen LogP contribution in [0.1, 0.15) is 38.1 Å². The van der Waals surface area contributed by atoms with Gasteiger partial charge in [0, 0.05) is 41.4 Å². The van der Waals surface area contributed by atoms with Gasteiger partial charge in [0.05, 0.1) is 11.6 Å². The number of nitrogens with zero attached hydrogens (tertiary/aromatic N) is 2. The van der Waals surface area contributed by atoms with Crippen molar-refractivity contribution in [3.05, 3.63) is 86.3 Å². The number of fused-ring (bicyclic) bond motifs is 1. The van der Waals surface area contributed by atoms with E-state index in [4.69, 9.17) is 11.6 Å². The van der Waals surface area contributed by atoms with Gasteiger partial charge in [-0.15, -0.1) is 11.3 Å². The Morgan fingerprint density at radius 2 is 2.07 bits per heavy atom. The molecule has 3 aromatic rings. The van der Waals surface area contributed by atoms with E-state index in [9.17, 15) is 4.79 Å². The Labute approximate surface area is 174 Å². The van der Waals surface area contributed by atoms with Crippen LogP contribution < -0.4 is 5.32 Å². The van der Waals surface area contributed by atoms with E-state index in [0.29, 0.717) is 12.1 Å². The van der Waals surface area contributed by atoms with Crippen molar-refractivity contribution in [2.75, 3.05) is 13.1 Å². The van der Waals surface area contributed by atoms with Gasteiger partial charge in [-0.3, -0.25) is 14.7 Å².